The Hall–Kier alpha value is -2.60. The number of thioether (sulfide) groups is 1. The highest BCUT2D eigenvalue weighted by atomic mass is 32.2. The van der Waals surface area contributed by atoms with Gasteiger partial charge in [0.1, 0.15) is 11.1 Å². The summed E-state index contributed by atoms with van der Waals surface area (Å²) in [5.41, 5.74) is 2.82. The maximum atomic E-state index is 13.3. The SMILES string of the molecule is CC(C)(C)CC(C)(C)c1cc(C2Nc3cc(C(F)(F)F)ccc3S2)c(O)c(C(C)(C)c2ccccc2)c1. The van der Waals surface area contributed by atoms with E-state index in [0.29, 0.717) is 11.3 Å². The van der Waals surface area contributed by atoms with E-state index < -0.39 is 22.5 Å². The van der Waals surface area contributed by atoms with Crippen molar-refractivity contribution in [3.05, 3.63) is 88.5 Å². The Kier molecular flexibility index (Phi) is 6.90. The molecular weight excluding hydrogens is 491 g/mol. The first-order valence-electron chi connectivity index (χ1n) is 12.6. The summed E-state index contributed by atoms with van der Waals surface area (Å²) >= 11 is 1.43. The predicted molar refractivity (Wildman–Crippen MR) is 147 cm³/mol. The molecule has 6 heteroatoms. The first-order chi connectivity index (χ1) is 17.0. The van der Waals surface area contributed by atoms with Crippen LogP contribution in [0.15, 0.2) is 65.6 Å². The monoisotopic (exact) mass is 527 g/mol. The number of benzene rings is 3. The molecule has 1 aliphatic rings. The minimum atomic E-state index is -4.41. The summed E-state index contributed by atoms with van der Waals surface area (Å²) in [6, 6.07) is 18.0. The van der Waals surface area contributed by atoms with Crippen molar-refractivity contribution >= 4 is 17.4 Å². The summed E-state index contributed by atoms with van der Waals surface area (Å²) in [5.74, 6) is 0.179. The van der Waals surface area contributed by atoms with Crippen molar-refractivity contribution in [2.75, 3.05) is 5.32 Å². The Morgan fingerprint density at radius 3 is 2.05 bits per heavy atom. The second-order valence-electron chi connectivity index (χ2n) is 12.4. The van der Waals surface area contributed by atoms with Crippen LogP contribution in [0.2, 0.25) is 0 Å². The third kappa shape index (κ3) is 5.64. The lowest BCUT2D eigenvalue weighted by Crippen LogP contribution is -2.27. The third-order valence-electron chi connectivity index (χ3n) is 7.18. The zero-order valence-corrected chi connectivity index (χ0v) is 23.4. The first kappa shape index (κ1) is 27.4. The molecule has 1 atom stereocenters. The van der Waals surface area contributed by atoms with Crippen molar-refractivity contribution in [3.63, 3.8) is 0 Å². The minimum Gasteiger partial charge on any atom is -0.507 e. The van der Waals surface area contributed by atoms with Gasteiger partial charge >= 0.3 is 6.18 Å². The quantitative estimate of drug-likeness (QED) is 0.346. The maximum Gasteiger partial charge on any atom is 0.416 e. The first-order valence-corrected chi connectivity index (χ1v) is 13.4. The fourth-order valence-electron chi connectivity index (χ4n) is 5.52. The predicted octanol–water partition coefficient (Wildman–Crippen LogP) is 9.67. The fourth-order valence-corrected chi connectivity index (χ4v) is 6.66. The van der Waals surface area contributed by atoms with Crippen LogP contribution in [0.4, 0.5) is 18.9 Å². The molecular formula is C31H36F3NOS. The van der Waals surface area contributed by atoms with Gasteiger partial charge in [0.05, 0.1) is 5.56 Å². The molecule has 1 heterocycles. The van der Waals surface area contributed by atoms with Gasteiger partial charge in [-0.15, -0.1) is 0 Å². The van der Waals surface area contributed by atoms with Crippen LogP contribution in [0.1, 0.15) is 88.1 Å². The highest BCUT2D eigenvalue weighted by Crippen LogP contribution is 2.53. The summed E-state index contributed by atoms with van der Waals surface area (Å²) in [6.45, 7) is 15.3. The van der Waals surface area contributed by atoms with Crippen LogP contribution in [-0.4, -0.2) is 5.11 Å². The van der Waals surface area contributed by atoms with Crippen molar-refractivity contribution in [2.45, 2.75) is 82.2 Å². The van der Waals surface area contributed by atoms with Crippen LogP contribution >= 0.6 is 11.8 Å². The molecule has 0 fully saturated rings. The van der Waals surface area contributed by atoms with Gasteiger partial charge in [-0.25, -0.2) is 0 Å². The summed E-state index contributed by atoms with van der Waals surface area (Å²) in [4.78, 5) is 0.737. The average molecular weight is 528 g/mol. The number of rotatable bonds is 5. The summed E-state index contributed by atoms with van der Waals surface area (Å²) < 4.78 is 40.0. The zero-order chi connectivity index (χ0) is 27.4. The van der Waals surface area contributed by atoms with E-state index in [1.54, 1.807) is 0 Å². The number of aromatic hydroxyl groups is 1. The number of nitrogens with one attached hydrogen (secondary N) is 1. The van der Waals surface area contributed by atoms with Crippen LogP contribution in [0.5, 0.6) is 5.75 Å². The van der Waals surface area contributed by atoms with Gasteiger partial charge in [0, 0.05) is 27.1 Å². The number of hydrogen-bond donors (Lipinski definition) is 2. The van der Waals surface area contributed by atoms with Crippen molar-refractivity contribution in [3.8, 4) is 5.75 Å². The summed E-state index contributed by atoms with van der Waals surface area (Å²) in [7, 11) is 0. The molecule has 0 aromatic heterocycles. The van der Waals surface area contributed by atoms with E-state index in [-0.39, 0.29) is 16.6 Å². The molecule has 4 rings (SSSR count). The van der Waals surface area contributed by atoms with Gasteiger partial charge < -0.3 is 10.4 Å². The molecule has 1 unspecified atom stereocenters. The van der Waals surface area contributed by atoms with Gasteiger partial charge in [0.25, 0.3) is 0 Å². The van der Waals surface area contributed by atoms with Crippen molar-refractivity contribution in [1.29, 1.82) is 0 Å². The normalized spacial score (nSPS) is 16.4. The van der Waals surface area contributed by atoms with Crippen LogP contribution in [-0.2, 0) is 17.0 Å². The summed E-state index contributed by atoms with van der Waals surface area (Å²) in [6.07, 6.45) is -3.48. The molecule has 2 N–H and O–H groups in total. The van der Waals surface area contributed by atoms with Gasteiger partial charge in [-0.05, 0) is 52.6 Å². The molecule has 1 aliphatic heterocycles. The van der Waals surface area contributed by atoms with Crippen molar-refractivity contribution < 1.29 is 18.3 Å². The summed E-state index contributed by atoms with van der Waals surface area (Å²) in [5, 5.41) is 14.5. The molecule has 0 aliphatic carbocycles. The number of phenols is 1. The lowest BCUT2D eigenvalue weighted by molar-refractivity contribution is -0.137. The molecule has 0 saturated carbocycles. The van der Waals surface area contributed by atoms with Gasteiger partial charge in [-0.2, -0.15) is 13.2 Å². The van der Waals surface area contributed by atoms with E-state index in [1.807, 2.05) is 24.3 Å². The van der Waals surface area contributed by atoms with Crippen LogP contribution in [0, 0.1) is 5.41 Å². The number of halogens is 3. The topological polar surface area (TPSA) is 32.3 Å². The lowest BCUT2D eigenvalue weighted by Gasteiger charge is -2.36. The number of hydrogen-bond acceptors (Lipinski definition) is 3. The average Bonchev–Trinajstić information content (AvgIpc) is 3.20. The van der Waals surface area contributed by atoms with E-state index in [9.17, 15) is 18.3 Å². The molecule has 0 saturated heterocycles. The molecule has 2 nitrogen and oxygen atoms in total. The van der Waals surface area contributed by atoms with E-state index in [1.165, 1.54) is 17.8 Å². The molecule has 37 heavy (non-hydrogen) atoms. The number of phenolic OH excluding ortho intramolecular Hbond substituents is 1. The number of fused-ring (bicyclic) bond motifs is 1. The maximum absolute atomic E-state index is 13.3. The molecule has 3 aromatic rings. The van der Waals surface area contributed by atoms with E-state index in [4.69, 9.17) is 0 Å². The lowest BCUT2D eigenvalue weighted by atomic mass is 9.69. The third-order valence-corrected chi connectivity index (χ3v) is 8.40. The highest BCUT2D eigenvalue weighted by Gasteiger charge is 2.37. The van der Waals surface area contributed by atoms with E-state index in [2.05, 4.69) is 72.0 Å². The van der Waals surface area contributed by atoms with Gasteiger partial charge in [0.2, 0.25) is 0 Å². The van der Waals surface area contributed by atoms with E-state index >= 15 is 0 Å². The molecule has 0 bridgehead atoms. The van der Waals surface area contributed by atoms with Crippen LogP contribution < -0.4 is 5.32 Å². The Morgan fingerprint density at radius 2 is 1.46 bits per heavy atom. The minimum absolute atomic E-state index is 0.0846. The molecule has 0 amide bonds. The highest BCUT2D eigenvalue weighted by molar-refractivity contribution is 8.00. The second-order valence-corrected chi connectivity index (χ2v) is 13.6. The molecule has 0 radical (unpaired) electrons. The second kappa shape index (κ2) is 9.30. The Morgan fingerprint density at radius 1 is 0.811 bits per heavy atom. The van der Waals surface area contributed by atoms with Gasteiger partial charge in [0.15, 0.2) is 0 Å². The van der Waals surface area contributed by atoms with Crippen molar-refractivity contribution in [2.24, 2.45) is 5.41 Å². The number of anilines is 1. The molecule has 198 valence electrons. The van der Waals surface area contributed by atoms with Crippen molar-refractivity contribution in [1.82, 2.24) is 0 Å². The Bertz CT molecular complexity index is 1290. The molecule has 0 spiro atoms. The van der Waals surface area contributed by atoms with Gasteiger partial charge in [-0.1, -0.05) is 96.6 Å². The smallest absolute Gasteiger partial charge is 0.416 e. The Labute approximate surface area is 222 Å². The molecule has 3 aromatic carbocycles. The zero-order valence-electron chi connectivity index (χ0n) is 22.5. The van der Waals surface area contributed by atoms with Crippen LogP contribution in [0.25, 0.3) is 0 Å². The van der Waals surface area contributed by atoms with E-state index in [0.717, 1.165) is 40.1 Å². The number of alkyl halides is 3. The van der Waals surface area contributed by atoms with Gasteiger partial charge in [-0.3, -0.25) is 0 Å². The fraction of sp³-hybridized carbons (Fsp3) is 0.419. The van der Waals surface area contributed by atoms with Crippen LogP contribution in [0.3, 0.4) is 0 Å². The largest absolute Gasteiger partial charge is 0.507 e. The standard InChI is InChI=1S/C31H36F3NOS/c1-28(2,3)18-29(4,5)21-15-22(26(36)23(16-21)30(6,7)19-11-9-8-10-12-19)27-35-24-17-20(31(32,33)34)13-14-25(24)37-27/h8-17,27,35-36H,18H2,1-7H3. The Balaban J connectivity index is 1.85.